The Morgan fingerprint density at radius 3 is 2.10 bits per heavy atom. The number of amides is 1. The van der Waals surface area contributed by atoms with Gasteiger partial charge in [-0.1, -0.05) is 72.3 Å². The van der Waals surface area contributed by atoms with Gasteiger partial charge in [0.2, 0.25) is 10.0 Å². The molecule has 0 spiro atoms. The van der Waals surface area contributed by atoms with E-state index >= 15 is 0 Å². The first-order chi connectivity index (χ1) is 35.0. The van der Waals surface area contributed by atoms with Crippen LogP contribution in [0.3, 0.4) is 0 Å². The molecule has 372 valence electrons. The Kier molecular flexibility index (Phi) is 16.1. The molecule has 19 heteroatoms. The maximum atomic E-state index is 12.8. The minimum absolute atomic E-state index is 0.0634. The molecular formula is C54H54N12O6S. The monoisotopic (exact) mass is 998 g/mol. The maximum absolute atomic E-state index is 12.8. The molecule has 0 atom stereocenters. The predicted octanol–water partition coefficient (Wildman–Crippen LogP) is 8.53. The van der Waals surface area contributed by atoms with E-state index in [2.05, 4.69) is 39.7 Å². The van der Waals surface area contributed by atoms with Gasteiger partial charge in [-0.05, 0) is 106 Å². The summed E-state index contributed by atoms with van der Waals surface area (Å²) in [7, 11) is -4.03. The average molecular weight is 999 g/mol. The SMILES string of the molecule is [C-]#[N+]/C(=C\c1c(-c2ccc(C)cc2)c2c(N)ncnc2n1CCCO)S(=O)(=O)NC(C)C.[C-]#[N+]/C(=C\c1cccc(-n2cc(-c3ccc(Oc4ccccc4)cc3)c3c(N)ncnc32)c1)C(=O)NC(C)(C)CO. The van der Waals surface area contributed by atoms with E-state index in [0.717, 1.165) is 33.7 Å². The topological polar surface area (TPSA) is 247 Å². The number of sulfonamides is 1. The second kappa shape index (κ2) is 22.6. The number of para-hydroxylation sites is 1. The molecule has 0 saturated heterocycles. The largest absolute Gasteiger partial charge is 0.457 e. The third-order valence-corrected chi connectivity index (χ3v) is 12.8. The molecule has 0 saturated carbocycles. The fourth-order valence-corrected chi connectivity index (χ4v) is 8.92. The van der Waals surface area contributed by atoms with Crippen molar-refractivity contribution in [1.29, 1.82) is 0 Å². The fraction of sp³-hybridized carbons (Fsp3) is 0.204. The number of fused-ring (bicyclic) bond motifs is 2. The number of hydrogen-bond donors (Lipinski definition) is 6. The van der Waals surface area contributed by atoms with Crippen molar-refractivity contribution < 1.29 is 28.2 Å². The number of nitrogen functional groups attached to an aromatic ring is 2. The molecule has 4 heterocycles. The lowest BCUT2D eigenvalue weighted by molar-refractivity contribution is -0.119. The zero-order valence-corrected chi connectivity index (χ0v) is 41.6. The summed E-state index contributed by atoms with van der Waals surface area (Å²) < 4.78 is 37.6. The number of nitrogens with zero attached hydrogens (tertiary/aromatic N) is 8. The Morgan fingerprint density at radius 2 is 1.47 bits per heavy atom. The number of carbonyl (C=O) groups is 1. The number of nitrogens with one attached hydrogen (secondary N) is 2. The zero-order chi connectivity index (χ0) is 52.5. The highest BCUT2D eigenvalue weighted by Gasteiger charge is 2.26. The van der Waals surface area contributed by atoms with Crippen molar-refractivity contribution in [3.63, 3.8) is 0 Å². The van der Waals surface area contributed by atoms with Gasteiger partial charge >= 0.3 is 0 Å². The first-order valence-corrected chi connectivity index (χ1v) is 24.5. The molecule has 0 radical (unpaired) electrons. The number of hydrogen-bond acceptors (Lipinski definition) is 12. The molecule has 0 aliphatic carbocycles. The highest BCUT2D eigenvalue weighted by molar-refractivity contribution is 7.93. The van der Waals surface area contributed by atoms with E-state index in [9.17, 15) is 23.4 Å². The fourth-order valence-electron chi connectivity index (χ4n) is 7.80. The van der Waals surface area contributed by atoms with Crippen LogP contribution >= 0.6 is 0 Å². The Bertz CT molecular complexity index is 3550. The molecule has 73 heavy (non-hydrogen) atoms. The molecule has 0 aliphatic rings. The molecule has 4 aromatic carbocycles. The van der Waals surface area contributed by atoms with Crippen LogP contribution in [-0.4, -0.2) is 78.4 Å². The molecule has 0 fully saturated rings. The quantitative estimate of drug-likeness (QED) is 0.0394. The lowest BCUT2D eigenvalue weighted by atomic mass is 10.0. The summed E-state index contributed by atoms with van der Waals surface area (Å²) in [5.41, 5.74) is 18.8. The molecular weight excluding hydrogens is 945 g/mol. The van der Waals surface area contributed by atoms with Gasteiger partial charge in [0, 0.05) is 47.9 Å². The number of aromatic nitrogens is 6. The summed E-state index contributed by atoms with van der Waals surface area (Å²) in [5.74, 6) is 1.49. The third kappa shape index (κ3) is 12.1. The molecule has 0 aliphatic heterocycles. The Morgan fingerprint density at radius 1 is 0.822 bits per heavy atom. The van der Waals surface area contributed by atoms with E-state index in [0.29, 0.717) is 63.4 Å². The van der Waals surface area contributed by atoms with Crippen LogP contribution in [0.4, 0.5) is 11.6 Å². The van der Waals surface area contributed by atoms with Gasteiger partial charge in [-0.3, -0.25) is 4.79 Å². The van der Waals surface area contributed by atoms with Gasteiger partial charge in [-0.15, -0.1) is 0 Å². The molecule has 8 rings (SSSR count). The van der Waals surface area contributed by atoms with Crippen LogP contribution in [-0.2, 0) is 21.4 Å². The summed E-state index contributed by atoms with van der Waals surface area (Å²) in [5, 5.41) is 22.4. The van der Waals surface area contributed by atoms with Crippen LogP contribution in [0.15, 0.2) is 133 Å². The van der Waals surface area contributed by atoms with Crippen LogP contribution in [0.2, 0.25) is 0 Å². The van der Waals surface area contributed by atoms with Crippen molar-refractivity contribution in [2.24, 2.45) is 0 Å². The van der Waals surface area contributed by atoms with Crippen molar-refractivity contribution in [1.82, 2.24) is 39.1 Å². The molecule has 1 amide bonds. The van der Waals surface area contributed by atoms with Gasteiger partial charge in [-0.25, -0.2) is 42.8 Å². The van der Waals surface area contributed by atoms with E-state index in [1.54, 1.807) is 38.3 Å². The summed E-state index contributed by atoms with van der Waals surface area (Å²) in [6.07, 6.45) is 7.96. The summed E-state index contributed by atoms with van der Waals surface area (Å²) in [6.45, 7) is 23.8. The molecule has 4 aromatic heterocycles. The van der Waals surface area contributed by atoms with Crippen molar-refractivity contribution in [3.8, 4) is 39.4 Å². The number of aliphatic hydroxyl groups excluding tert-OH is 2. The average Bonchev–Trinajstić information content (AvgIpc) is 3.92. The number of ether oxygens (including phenoxy) is 1. The van der Waals surface area contributed by atoms with E-state index in [1.165, 1.54) is 24.8 Å². The first kappa shape index (κ1) is 52.1. The summed E-state index contributed by atoms with van der Waals surface area (Å²) in [4.78, 5) is 36.6. The smallest absolute Gasteiger partial charge is 0.294 e. The molecule has 0 unspecified atom stereocenters. The zero-order valence-electron chi connectivity index (χ0n) is 40.8. The van der Waals surface area contributed by atoms with Crippen LogP contribution < -0.4 is 26.2 Å². The van der Waals surface area contributed by atoms with Crippen molar-refractivity contribution in [3.05, 3.63) is 172 Å². The normalized spacial score (nSPS) is 12.0. The van der Waals surface area contributed by atoms with Crippen molar-refractivity contribution in [2.75, 3.05) is 24.7 Å². The van der Waals surface area contributed by atoms with Gasteiger partial charge in [0.25, 0.3) is 16.6 Å². The number of aryl methyl sites for hydroxylation is 2. The van der Waals surface area contributed by atoms with E-state index in [4.69, 9.17) is 29.3 Å². The van der Waals surface area contributed by atoms with Crippen molar-refractivity contribution in [2.45, 2.75) is 59.2 Å². The Balaban J connectivity index is 0.000000221. The van der Waals surface area contributed by atoms with Gasteiger partial charge < -0.3 is 40.9 Å². The number of benzene rings is 4. The standard InChI is InChI=1S/C32H28N6O3.C22H26N6O3S/c1-32(2,19-39)37-31(40)27(34-3)17-21-8-7-9-23(16-21)38-18-26(28-29(33)35-20-36-30(28)38)22-12-14-25(15-13-22)41-24-10-5-4-6-11-24;1-14(2)27-32(30,31)18(24-4)12-17-19(16-8-6-15(3)7-9-16)20-21(23)25-13-26-22(20)28(17)10-5-11-29/h4-18,20,39H,19H2,1-2H3,(H,37,40)(H2,33,35,36);6-9,12-14,27,29H,5,10-11H2,1-3H3,(H2,23,25,26)/b27-17-;18-12+. The Hall–Kier alpha value is -8.72. The van der Waals surface area contributed by atoms with Gasteiger partial charge in [0.05, 0.1) is 36.1 Å². The minimum atomic E-state index is -4.03. The third-order valence-electron chi connectivity index (χ3n) is 11.2. The van der Waals surface area contributed by atoms with Crippen LogP contribution in [0.25, 0.3) is 71.9 Å². The minimum Gasteiger partial charge on any atom is -0.457 e. The van der Waals surface area contributed by atoms with Crippen LogP contribution in [0, 0.1) is 20.1 Å². The molecule has 8 aromatic rings. The van der Waals surface area contributed by atoms with E-state index < -0.39 is 26.5 Å². The summed E-state index contributed by atoms with van der Waals surface area (Å²) >= 11 is 0. The number of carbonyl (C=O) groups excluding carboxylic acids is 1. The lowest BCUT2D eigenvalue weighted by Gasteiger charge is -2.23. The van der Waals surface area contributed by atoms with Gasteiger partial charge in [0.15, 0.2) is 5.65 Å². The maximum Gasteiger partial charge on any atom is 0.294 e. The number of rotatable bonds is 16. The van der Waals surface area contributed by atoms with Crippen LogP contribution in [0.5, 0.6) is 11.5 Å². The highest BCUT2D eigenvalue weighted by atomic mass is 32.2. The molecule has 8 N–H and O–H groups in total. The van der Waals surface area contributed by atoms with Gasteiger partial charge in [0.1, 0.15) is 41.4 Å². The molecule has 18 nitrogen and oxygen atoms in total. The second-order valence-corrected chi connectivity index (χ2v) is 19.4. The lowest BCUT2D eigenvalue weighted by Crippen LogP contribution is -2.46. The van der Waals surface area contributed by atoms with Gasteiger partial charge in [-0.2, -0.15) is 0 Å². The number of aliphatic hydroxyl groups is 2. The summed E-state index contributed by atoms with van der Waals surface area (Å²) in [6, 6.07) is 32.0. The van der Waals surface area contributed by atoms with Crippen molar-refractivity contribution >= 4 is 61.8 Å². The second-order valence-electron chi connectivity index (χ2n) is 17.7. The highest BCUT2D eigenvalue weighted by Crippen LogP contribution is 2.39. The molecule has 0 bridgehead atoms. The van der Waals surface area contributed by atoms with E-state index in [1.807, 2.05) is 115 Å². The Labute approximate surface area is 423 Å². The first-order valence-electron chi connectivity index (χ1n) is 23.0. The number of anilines is 2. The van der Waals surface area contributed by atoms with Crippen LogP contribution in [0.1, 0.15) is 50.9 Å². The van der Waals surface area contributed by atoms with E-state index in [-0.39, 0.29) is 30.8 Å². The predicted molar refractivity (Wildman–Crippen MR) is 285 cm³/mol. The number of nitrogens with two attached hydrogens (primary N) is 2.